The van der Waals surface area contributed by atoms with Crippen LogP contribution in [-0.2, 0) is 19.2 Å². The molecule has 0 aromatic carbocycles. The number of carboxylic acid groups (broad SMARTS) is 1. The number of amides is 2. The second kappa shape index (κ2) is 8.07. The second-order valence-corrected chi connectivity index (χ2v) is 9.08. The minimum atomic E-state index is -1.19. The van der Waals surface area contributed by atoms with Gasteiger partial charge in [-0.25, -0.2) is 4.79 Å². The molecule has 1 saturated heterocycles. The highest BCUT2D eigenvalue weighted by molar-refractivity contribution is 8.00. The van der Waals surface area contributed by atoms with E-state index in [4.69, 9.17) is 10.6 Å². The summed E-state index contributed by atoms with van der Waals surface area (Å²) in [6.07, 6.45) is 6.64. The van der Waals surface area contributed by atoms with Crippen molar-refractivity contribution < 1.29 is 24.3 Å². The van der Waals surface area contributed by atoms with Crippen molar-refractivity contribution in [2.45, 2.75) is 42.5 Å². The van der Waals surface area contributed by atoms with E-state index < -0.39 is 29.2 Å². The van der Waals surface area contributed by atoms with Crippen LogP contribution in [0.1, 0.15) is 25.6 Å². The second-order valence-electron chi connectivity index (χ2n) is 6.79. The number of thioether (sulfide) groups is 1. The summed E-state index contributed by atoms with van der Waals surface area (Å²) >= 11 is 2.28. The van der Waals surface area contributed by atoms with Crippen molar-refractivity contribution in [3.63, 3.8) is 0 Å². The summed E-state index contributed by atoms with van der Waals surface area (Å²) in [6.45, 7) is 1.82. The lowest BCUT2D eigenvalue weighted by molar-refractivity contribution is -0.150. The minimum absolute atomic E-state index is 0.00334. The summed E-state index contributed by atoms with van der Waals surface area (Å²) < 4.78 is 4.01. The standard InChI is InChI=1S/C17H18N6O5S2/c1-7-6-9(16(26)27)23-14(25)11(15(23)29-7)19-13(24)10(12-20-17(18)30-22-12)21-28-8-4-2-3-5-8/h2,4,6-8,11,15H,3,5H2,1H3,(H,19,24)(H,26,27)(H2,18,20,22)/t7?,8?,11?,15-/m0/s1. The molecule has 0 spiro atoms. The van der Waals surface area contributed by atoms with Crippen molar-refractivity contribution in [1.82, 2.24) is 19.6 Å². The zero-order valence-corrected chi connectivity index (χ0v) is 17.4. The fraction of sp³-hybridized carbons (Fsp3) is 0.412. The summed E-state index contributed by atoms with van der Waals surface area (Å²) in [4.78, 5) is 47.5. The van der Waals surface area contributed by atoms with Crippen LogP contribution in [0, 0.1) is 0 Å². The molecule has 2 amide bonds. The van der Waals surface area contributed by atoms with E-state index in [-0.39, 0.29) is 33.7 Å². The first-order chi connectivity index (χ1) is 14.3. The number of rotatable bonds is 6. The molecule has 4 rings (SSSR count). The Bertz CT molecular complexity index is 989. The molecule has 4 N–H and O–H groups in total. The topological polar surface area (TPSA) is 160 Å². The molecule has 4 atom stereocenters. The highest BCUT2D eigenvalue weighted by Crippen LogP contribution is 2.40. The predicted octanol–water partition coefficient (Wildman–Crippen LogP) is 0.317. The van der Waals surface area contributed by atoms with E-state index >= 15 is 0 Å². The third-order valence-corrected chi connectivity index (χ3v) is 6.54. The Balaban J connectivity index is 1.52. The van der Waals surface area contributed by atoms with E-state index in [2.05, 4.69) is 19.8 Å². The fourth-order valence-electron chi connectivity index (χ4n) is 3.27. The third kappa shape index (κ3) is 3.77. The molecule has 1 fully saturated rings. The first kappa shape index (κ1) is 20.3. The molecular formula is C17H18N6O5S2. The Labute approximate surface area is 179 Å². The quantitative estimate of drug-likeness (QED) is 0.240. The number of nitrogens with one attached hydrogen (secondary N) is 1. The summed E-state index contributed by atoms with van der Waals surface area (Å²) in [6, 6.07) is -0.902. The Kier molecular flexibility index (Phi) is 5.47. The van der Waals surface area contributed by atoms with Crippen molar-refractivity contribution in [3.05, 3.63) is 29.7 Å². The van der Waals surface area contributed by atoms with Gasteiger partial charge in [0.15, 0.2) is 5.13 Å². The monoisotopic (exact) mass is 450 g/mol. The largest absolute Gasteiger partial charge is 0.477 e. The van der Waals surface area contributed by atoms with Gasteiger partial charge in [-0.3, -0.25) is 14.5 Å². The Morgan fingerprint density at radius 2 is 2.27 bits per heavy atom. The summed E-state index contributed by atoms with van der Waals surface area (Å²) in [5.74, 6) is -2.40. The molecule has 1 aromatic rings. The van der Waals surface area contributed by atoms with Crippen LogP contribution in [0.5, 0.6) is 0 Å². The van der Waals surface area contributed by atoms with Gasteiger partial charge in [0.1, 0.15) is 23.2 Å². The molecule has 158 valence electrons. The molecular weight excluding hydrogens is 432 g/mol. The first-order valence-electron chi connectivity index (χ1n) is 9.09. The van der Waals surface area contributed by atoms with Gasteiger partial charge >= 0.3 is 5.97 Å². The van der Waals surface area contributed by atoms with Crippen molar-refractivity contribution in [2.24, 2.45) is 5.16 Å². The minimum Gasteiger partial charge on any atom is -0.477 e. The molecule has 2 aliphatic heterocycles. The number of hydrogen-bond donors (Lipinski definition) is 3. The number of nitrogen functional groups attached to an aromatic ring is 1. The van der Waals surface area contributed by atoms with E-state index in [1.165, 1.54) is 22.7 Å². The lowest BCUT2D eigenvalue weighted by Crippen LogP contribution is -2.71. The van der Waals surface area contributed by atoms with Gasteiger partial charge in [0.25, 0.3) is 11.8 Å². The van der Waals surface area contributed by atoms with Gasteiger partial charge in [-0.05, 0) is 31.9 Å². The van der Waals surface area contributed by atoms with Gasteiger partial charge < -0.3 is 21.0 Å². The third-order valence-electron chi connectivity index (χ3n) is 4.67. The molecule has 1 aromatic heterocycles. The number of aliphatic carboxylic acids is 1. The number of allylic oxidation sites excluding steroid dienone is 1. The van der Waals surface area contributed by atoms with Crippen molar-refractivity contribution in [3.8, 4) is 0 Å². The summed E-state index contributed by atoms with van der Waals surface area (Å²) in [5.41, 5.74) is 5.34. The van der Waals surface area contributed by atoms with Crippen molar-refractivity contribution in [1.29, 1.82) is 0 Å². The highest BCUT2D eigenvalue weighted by Gasteiger charge is 2.54. The SMILES string of the molecule is CC1C=C(C(=O)O)N2C(=O)C(NC(=O)C(=NOC3C=CCC3)c3nsc(N)n3)[C@@H]2S1. The highest BCUT2D eigenvalue weighted by atomic mass is 32.2. The van der Waals surface area contributed by atoms with Crippen LogP contribution in [0.3, 0.4) is 0 Å². The lowest BCUT2D eigenvalue weighted by atomic mass is 10.0. The van der Waals surface area contributed by atoms with Crippen LogP contribution in [0.4, 0.5) is 5.13 Å². The van der Waals surface area contributed by atoms with Crippen LogP contribution >= 0.6 is 23.3 Å². The fourth-order valence-corrected chi connectivity index (χ4v) is 5.03. The Hall–Kier alpha value is -2.93. The van der Waals surface area contributed by atoms with E-state index in [0.29, 0.717) is 0 Å². The number of carbonyl (C=O) groups is 3. The number of β-lactam (4-membered cyclic amide) rings is 1. The van der Waals surface area contributed by atoms with E-state index in [0.717, 1.165) is 24.4 Å². The van der Waals surface area contributed by atoms with Crippen LogP contribution in [-0.4, -0.2) is 65.6 Å². The zero-order chi connectivity index (χ0) is 21.4. The maximum Gasteiger partial charge on any atom is 0.352 e. The molecule has 3 aliphatic rings. The number of anilines is 1. The first-order valence-corrected chi connectivity index (χ1v) is 10.8. The number of nitrogens with two attached hydrogens (primary N) is 1. The van der Waals surface area contributed by atoms with Crippen molar-refractivity contribution >= 4 is 51.9 Å². The molecule has 11 nitrogen and oxygen atoms in total. The maximum absolute atomic E-state index is 12.9. The number of oxime groups is 1. The Morgan fingerprint density at radius 3 is 2.90 bits per heavy atom. The number of fused-ring (bicyclic) bond motifs is 1. The zero-order valence-electron chi connectivity index (χ0n) is 15.7. The van der Waals surface area contributed by atoms with Gasteiger partial charge in [-0.2, -0.15) is 9.36 Å². The maximum atomic E-state index is 12.9. The number of carbonyl (C=O) groups excluding carboxylic acids is 2. The molecule has 3 unspecified atom stereocenters. The van der Waals surface area contributed by atoms with Gasteiger partial charge in [0.05, 0.1) is 0 Å². The molecule has 0 radical (unpaired) electrons. The van der Waals surface area contributed by atoms with Crippen molar-refractivity contribution in [2.75, 3.05) is 5.73 Å². The lowest BCUT2D eigenvalue weighted by Gasteiger charge is -2.49. The average Bonchev–Trinajstić information content (AvgIpc) is 3.37. The van der Waals surface area contributed by atoms with Crippen LogP contribution < -0.4 is 11.1 Å². The number of nitrogens with zero attached hydrogens (tertiary/aromatic N) is 4. The van der Waals surface area contributed by atoms with Gasteiger partial charge in [-0.1, -0.05) is 11.2 Å². The smallest absolute Gasteiger partial charge is 0.352 e. The predicted molar refractivity (Wildman–Crippen MR) is 109 cm³/mol. The van der Waals surface area contributed by atoms with Crippen LogP contribution in [0.15, 0.2) is 29.1 Å². The average molecular weight is 451 g/mol. The number of hydrogen-bond acceptors (Lipinski definition) is 10. The molecule has 0 saturated carbocycles. The van der Waals surface area contributed by atoms with Gasteiger partial charge in [-0.15, -0.1) is 11.8 Å². The van der Waals surface area contributed by atoms with Crippen LogP contribution in [0.25, 0.3) is 0 Å². The summed E-state index contributed by atoms with van der Waals surface area (Å²) in [5, 5.41) is 15.4. The van der Waals surface area contributed by atoms with Crippen LogP contribution in [0.2, 0.25) is 0 Å². The summed E-state index contributed by atoms with van der Waals surface area (Å²) in [7, 11) is 0. The van der Waals surface area contributed by atoms with Gasteiger partial charge in [0, 0.05) is 16.8 Å². The molecule has 1 aliphatic carbocycles. The number of aromatic nitrogens is 2. The van der Waals surface area contributed by atoms with E-state index in [1.54, 1.807) is 0 Å². The van der Waals surface area contributed by atoms with E-state index in [9.17, 15) is 19.5 Å². The Morgan fingerprint density at radius 1 is 1.47 bits per heavy atom. The molecule has 3 heterocycles. The molecule has 30 heavy (non-hydrogen) atoms. The van der Waals surface area contributed by atoms with E-state index in [1.807, 2.05) is 19.1 Å². The number of carboxylic acids is 1. The normalized spacial score (nSPS) is 27.9. The molecule has 0 bridgehead atoms. The van der Waals surface area contributed by atoms with Gasteiger partial charge in [0.2, 0.25) is 11.5 Å². The molecule has 13 heteroatoms.